The standard InChI is InChI=1S/C14H14BrNO2/c1-18-14-8-11(15)4-5-12(14)13(17)7-10-3-2-6-16-9-10/h2-6,8-9,13,17H,7H2,1H3. The molecule has 1 atom stereocenters. The van der Waals surface area contributed by atoms with E-state index in [1.807, 2.05) is 30.3 Å². The lowest BCUT2D eigenvalue weighted by atomic mass is 10.0. The van der Waals surface area contributed by atoms with Gasteiger partial charge in [-0.3, -0.25) is 4.98 Å². The molecule has 3 nitrogen and oxygen atoms in total. The number of hydrogen-bond acceptors (Lipinski definition) is 3. The molecule has 0 saturated carbocycles. The van der Waals surface area contributed by atoms with Crippen LogP contribution in [0.25, 0.3) is 0 Å². The van der Waals surface area contributed by atoms with Gasteiger partial charge in [0.1, 0.15) is 5.75 Å². The van der Waals surface area contributed by atoms with E-state index < -0.39 is 6.10 Å². The third-order valence-corrected chi connectivity index (χ3v) is 3.20. The third-order valence-electron chi connectivity index (χ3n) is 2.71. The molecule has 2 rings (SSSR count). The van der Waals surface area contributed by atoms with Crippen LogP contribution in [0.15, 0.2) is 47.2 Å². The van der Waals surface area contributed by atoms with Crippen LogP contribution in [0.2, 0.25) is 0 Å². The Balaban J connectivity index is 2.21. The molecule has 0 bridgehead atoms. The third kappa shape index (κ3) is 3.09. The largest absolute Gasteiger partial charge is 0.496 e. The van der Waals surface area contributed by atoms with Gasteiger partial charge >= 0.3 is 0 Å². The summed E-state index contributed by atoms with van der Waals surface area (Å²) in [7, 11) is 1.60. The quantitative estimate of drug-likeness (QED) is 0.943. The van der Waals surface area contributed by atoms with E-state index in [2.05, 4.69) is 20.9 Å². The van der Waals surface area contributed by atoms with E-state index in [1.165, 1.54) is 0 Å². The van der Waals surface area contributed by atoms with Crippen LogP contribution in [-0.2, 0) is 6.42 Å². The van der Waals surface area contributed by atoms with E-state index in [4.69, 9.17) is 4.74 Å². The van der Waals surface area contributed by atoms with Crippen LogP contribution in [0.4, 0.5) is 0 Å². The van der Waals surface area contributed by atoms with E-state index in [9.17, 15) is 5.11 Å². The molecule has 0 aliphatic heterocycles. The summed E-state index contributed by atoms with van der Waals surface area (Å²) in [6, 6.07) is 9.42. The summed E-state index contributed by atoms with van der Waals surface area (Å²) in [5.74, 6) is 0.681. The number of hydrogen-bond donors (Lipinski definition) is 1. The Bertz CT molecular complexity index is 516. The van der Waals surface area contributed by atoms with Crippen molar-refractivity contribution in [2.75, 3.05) is 7.11 Å². The predicted molar refractivity (Wildman–Crippen MR) is 73.6 cm³/mol. The highest BCUT2D eigenvalue weighted by molar-refractivity contribution is 9.10. The van der Waals surface area contributed by atoms with Crippen molar-refractivity contribution in [3.63, 3.8) is 0 Å². The number of nitrogens with zero attached hydrogens (tertiary/aromatic N) is 1. The molecule has 0 saturated heterocycles. The highest BCUT2D eigenvalue weighted by Crippen LogP contribution is 2.30. The molecule has 0 aliphatic rings. The molecule has 94 valence electrons. The topological polar surface area (TPSA) is 42.4 Å². The van der Waals surface area contributed by atoms with Gasteiger partial charge in [-0.05, 0) is 23.8 Å². The zero-order valence-corrected chi connectivity index (χ0v) is 11.6. The molecule has 1 unspecified atom stereocenters. The van der Waals surface area contributed by atoms with Crippen molar-refractivity contribution in [2.24, 2.45) is 0 Å². The average molecular weight is 308 g/mol. The van der Waals surface area contributed by atoms with Crippen LogP contribution in [0, 0.1) is 0 Å². The summed E-state index contributed by atoms with van der Waals surface area (Å²) >= 11 is 3.38. The summed E-state index contributed by atoms with van der Waals surface area (Å²) in [5.41, 5.74) is 1.78. The number of ether oxygens (including phenoxy) is 1. The van der Waals surface area contributed by atoms with Gasteiger partial charge in [0.15, 0.2) is 0 Å². The van der Waals surface area contributed by atoms with E-state index >= 15 is 0 Å². The molecule has 18 heavy (non-hydrogen) atoms. The lowest BCUT2D eigenvalue weighted by Crippen LogP contribution is -2.04. The van der Waals surface area contributed by atoms with Crippen molar-refractivity contribution in [2.45, 2.75) is 12.5 Å². The Morgan fingerprint density at radius 2 is 2.22 bits per heavy atom. The van der Waals surface area contributed by atoms with E-state index in [-0.39, 0.29) is 0 Å². The van der Waals surface area contributed by atoms with Crippen molar-refractivity contribution < 1.29 is 9.84 Å². The lowest BCUT2D eigenvalue weighted by Gasteiger charge is -2.15. The summed E-state index contributed by atoms with van der Waals surface area (Å²) in [6.45, 7) is 0. The first-order valence-electron chi connectivity index (χ1n) is 5.61. The minimum Gasteiger partial charge on any atom is -0.496 e. The molecule has 0 fully saturated rings. The second-order valence-corrected chi connectivity index (χ2v) is 4.88. The van der Waals surface area contributed by atoms with Gasteiger partial charge < -0.3 is 9.84 Å². The van der Waals surface area contributed by atoms with Crippen LogP contribution < -0.4 is 4.74 Å². The lowest BCUT2D eigenvalue weighted by molar-refractivity contribution is 0.174. The number of aliphatic hydroxyl groups excluding tert-OH is 1. The maximum atomic E-state index is 10.3. The first-order valence-corrected chi connectivity index (χ1v) is 6.40. The minimum absolute atomic E-state index is 0.520. The van der Waals surface area contributed by atoms with Gasteiger partial charge in [-0.15, -0.1) is 0 Å². The fraction of sp³-hybridized carbons (Fsp3) is 0.214. The molecular formula is C14H14BrNO2. The van der Waals surface area contributed by atoms with Crippen LogP contribution in [0.3, 0.4) is 0 Å². The maximum Gasteiger partial charge on any atom is 0.125 e. The molecular weight excluding hydrogens is 294 g/mol. The van der Waals surface area contributed by atoms with Crippen molar-refractivity contribution in [3.8, 4) is 5.75 Å². The number of halogens is 1. The van der Waals surface area contributed by atoms with Gasteiger partial charge in [0.25, 0.3) is 0 Å². The molecule has 1 aromatic carbocycles. The Morgan fingerprint density at radius 1 is 1.39 bits per heavy atom. The van der Waals surface area contributed by atoms with Crippen molar-refractivity contribution in [1.29, 1.82) is 0 Å². The van der Waals surface area contributed by atoms with Crippen molar-refractivity contribution >= 4 is 15.9 Å². The van der Waals surface area contributed by atoms with Crippen molar-refractivity contribution in [3.05, 3.63) is 58.3 Å². The second-order valence-electron chi connectivity index (χ2n) is 3.97. The number of pyridine rings is 1. The van der Waals surface area contributed by atoms with E-state index in [1.54, 1.807) is 19.5 Å². The fourth-order valence-electron chi connectivity index (χ4n) is 1.81. The van der Waals surface area contributed by atoms with E-state index in [0.29, 0.717) is 12.2 Å². The van der Waals surface area contributed by atoms with Crippen LogP contribution >= 0.6 is 15.9 Å². The average Bonchev–Trinajstić information content (AvgIpc) is 2.39. The van der Waals surface area contributed by atoms with Crippen LogP contribution in [0.1, 0.15) is 17.2 Å². The van der Waals surface area contributed by atoms with Crippen LogP contribution in [-0.4, -0.2) is 17.2 Å². The van der Waals surface area contributed by atoms with Gasteiger partial charge in [-0.25, -0.2) is 0 Å². The molecule has 4 heteroatoms. The van der Waals surface area contributed by atoms with Crippen molar-refractivity contribution in [1.82, 2.24) is 4.98 Å². The summed E-state index contributed by atoms with van der Waals surface area (Å²) in [4.78, 5) is 4.04. The SMILES string of the molecule is COc1cc(Br)ccc1C(O)Cc1cccnc1. The molecule has 0 amide bonds. The summed E-state index contributed by atoms with van der Waals surface area (Å²) < 4.78 is 6.21. The predicted octanol–water partition coefficient (Wildman–Crippen LogP) is 3.13. The smallest absolute Gasteiger partial charge is 0.125 e. The Kier molecular flexibility index (Phi) is 4.33. The summed E-state index contributed by atoms with van der Waals surface area (Å²) in [6.07, 6.45) is 3.40. The molecule has 0 aliphatic carbocycles. The molecule has 1 N–H and O–H groups in total. The highest BCUT2D eigenvalue weighted by atomic mass is 79.9. The molecule has 0 radical (unpaired) electrons. The molecule has 1 aromatic heterocycles. The number of methoxy groups -OCH3 is 1. The zero-order valence-electron chi connectivity index (χ0n) is 10.0. The molecule has 0 spiro atoms. The number of benzene rings is 1. The number of aliphatic hydroxyl groups is 1. The Labute approximate surface area is 115 Å². The molecule has 1 heterocycles. The van der Waals surface area contributed by atoms with Gasteiger partial charge in [-0.1, -0.05) is 28.1 Å². The van der Waals surface area contributed by atoms with Gasteiger partial charge in [-0.2, -0.15) is 0 Å². The monoisotopic (exact) mass is 307 g/mol. The molecule has 2 aromatic rings. The second kappa shape index (κ2) is 5.98. The Hall–Kier alpha value is -1.39. The fourth-order valence-corrected chi connectivity index (χ4v) is 2.15. The Morgan fingerprint density at radius 3 is 2.89 bits per heavy atom. The maximum absolute atomic E-state index is 10.3. The number of rotatable bonds is 4. The summed E-state index contributed by atoms with van der Waals surface area (Å²) in [5, 5.41) is 10.3. The van der Waals surface area contributed by atoms with E-state index in [0.717, 1.165) is 15.6 Å². The first-order chi connectivity index (χ1) is 8.70. The highest BCUT2D eigenvalue weighted by Gasteiger charge is 2.14. The zero-order chi connectivity index (χ0) is 13.0. The first kappa shape index (κ1) is 13.1. The number of aromatic nitrogens is 1. The minimum atomic E-state index is -0.600. The normalized spacial score (nSPS) is 12.2. The van der Waals surface area contributed by atoms with Gasteiger partial charge in [0.05, 0.1) is 13.2 Å². The van der Waals surface area contributed by atoms with Gasteiger partial charge in [0, 0.05) is 28.9 Å². The van der Waals surface area contributed by atoms with Gasteiger partial charge in [0.2, 0.25) is 0 Å². The van der Waals surface area contributed by atoms with Crippen LogP contribution in [0.5, 0.6) is 5.75 Å².